The Morgan fingerprint density at radius 2 is 2.24 bits per heavy atom. The van der Waals surface area contributed by atoms with Crippen molar-refractivity contribution in [2.24, 2.45) is 16.3 Å². The molecule has 114 valence electrons. The highest BCUT2D eigenvalue weighted by Gasteiger charge is 2.48. The fourth-order valence-electron chi connectivity index (χ4n) is 4.50. The van der Waals surface area contributed by atoms with Crippen LogP contribution in [0.1, 0.15) is 43.7 Å². The van der Waals surface area contributed by atoms with E-state index < -0.39 is 0 Å². The topological polar surface area (TPSA) is 21.6 Å². The van der Waals surface area contributed by atoms with Crippen LogP contribution in [-0.2, 0) is 11.2 Å². The van der Waals surface area contributed by atoms with Gasteiger partial charge >= 0.3 is 0 Å². The van der Waals surface area contributed by atoms with Gasteiger partial charge in [-0.15, -0.1) is 0 Å². The van der Waals surface area contributed by atoms with E-state index in [1.54, 1.807) is 0 Å². The molecule has 0 aromatic heterocycles. The van der Waals surface area contributed by atoms with Crippen LogP contribution in [0.2, 0.25) is 0 Å². The minimum absolute atomic E-state index is 0.244. The number of hydrogen-bond donors (Lipinski definition) is 0. The smallest absolute Gasteiger partial charge is 0.0600 e. The summed E-state index contributed by atoms with van der Waals surface area (Å²) >= 11 is 3.61. The maximum Gasteiger partial charge on any atom is 0.0600 e. The average molecular weight is 350 g/mol. The van der Waals surface area contributed by atoms with Crippen molar-refractivity contribution in [1.82, 2.24) is 0 Å². The van der Waals surface area contributed by atoms with Gasteiger partial charge in [0.25, 0.3) is 0 Å². The molecular formula is C18H24BrNO. The number of hydrogen-bond acceptors (Lipinski definition) is 2. The Balaban J connectivity index is 1.97. The van der Waals surface area contributed by atoms with Crippen molar-refractivity contribution >= 4 is 21.6 Å². The monoisotopic (exact) mass is 349 g/mol. The van der Waals surface area contributed by atoms with E-state index in [-0.39, 0.29) is 5.41 Å². The van der Waals surface area contributed by atoms with Crippen molar-refractivity contribution in [3.8, 4) is 0 Å². The molecule has 0 N–H and O–H groups in total. The SMILES string of the molecule is CC[C@H]1C[C@@]2(CC[C@@H]1OC)Cc1ccc(Br)cc1C2=NC. The first-order chi connectivity index (χ1) is 10.1. The van der Waals surface area contributed by atoms with Gasteiger partial charge in [-0.25, -0.2) is 0 Å². The lowest BCUT2D eigenvalue weighted by atomic mass is 9.65. The number of nitrogens with zero attached hydrogens (tertiary/aromatic N) is 1. The van der Waals surface area contributed by atoms with Crippen LogP contribution in [0.4, 0.5) is 0 Å². The lowest BCUT2D eigenvalue weighted by molar-refractivity contribution is -0.00389. The average Bonchev–Trinajstić information content (AvgIpc) is 2.79. The summed E-state index contributed by atoms with van der Waals surface area (Å²) in [5.41, 5.74) is 4.39. The minimum atomic E-state index is 0.244. The van der Waals surface area contributed by atoms with E-state index in [0.29, 0.717) is 12.0 Å². The van der Waals surface area contributed by atoms with Crippen LogP contribution in [0.5, 0.6) is 0 Å². The van der Waals surface area contributed by atoms with Crippen LogP contribution in [-0.4, -0.2) is 26.0 Å². The minimum Gasteiger partial charge on any atom is -0.381 e. The molecular weight excluding hydrogens is 326 g/mol. The Hall–Kier alpha value is -0.670. The lowest BCUT2D eigenvalue weighted by Crippen LogP contribution is -2.41. The van der Waals surface area contributed by atoms with E-state index >= 15 is 0 Å². The van der Waals surface area contributed by atoms with Crippen molar-refractivity contribution in [2.75, 3.05) is 14.2 Å². The first-order valence-electron chi connectivity index (χ1n) is 7.92. The number of aliphatic imine (C=N–C) groups is 1. The molecule has 3 rings (SSSR count). The van der Waals surface area contributed by atoms with Gasteiger partial charge in [-0.2, -0.15) is 0 Å². The molecule has 0 saturated heterocycles. The molecule has 1 aromatic carbocycles. The van der Waals surface area contributed by atoms with E-state index in [2.05, 4.69) is 41.1 Å². The van der Waals surface area contributed by atoms with E-state index in [1.807, 2.05) is 14.2 Å². The predicted octanol–water partition coefficient (Wildman–Crippen LogP) is 4.64. The Labute approximate surface area is 136 Å². The molecule has 3 heteroatoms. The van der Waals surface area contributed by atoms with Gasteiger partial charge < -0.3 is 4.74 Å². The molecule has 1 fully saturated rings. The van der Waals surface area contributed by atoms with Gasteiger partial charge in [0, 0.05) is 35.3 Å². The van der Waals surface area contributed by atoms with Gasteiger partial charge in [0.15, 0.2) is 0 Å². The summed E-state index contributed by atoms with van der Waals surface area (Å²) in [6, 6.07) is 6.67. The molecule has 21 heavy (non-hydrogen) atoms. The number of halogens is 1. The molecule has 1 spiro atoms. The zero-order chi connectivity index (χ0) is 15.0. The molecule has 1 aromatic rings. The number of rotatable bonds is 2. The second kappa shape index (κ2) is 5.85. The zero-order valence-corrected chi connectivity index (χ0v) is 14.7. The maximum absolute atomic E-state index is 5.72. The lowest BCUT2D eigenvalue weighted by Gasteiger charge is -2.42. The van der Waals surface area contributed by atoms with Crippen LogP contribution in [0.25, 0.3) is 0 Å². The largest absolute Gasteiger partial charge is 0.381 e. The van der Waals surface area contributed by atoms with Crippen LogP contribution < -0.4 is 0 Å². The fourth-order valence-corrected chi connectivity index (χ4v) is 4.86. The highest BCUT2D eigenvalue weighted by Crippen LogP contribution is 2.50. The van der Waals surface area contributed by atoms with Gasteiger partial charge in [0.1, 0.15) is 0 Å². The number of fused-ring (bicyclic) bond motifs is 1. The third kappa shape index (κ3) is 2.49. The molecule has 0 bridgehead atoms. The van der Waals surface area contributed by atoms with Crippen LogP contribution in [0.15, 0.2) is 27.7 Å². The molecule has 0 heterocycles. The van der Waals surface area contributed by atoms with Gasteiger partial charge in [0.2, 0.25) is 0 Å². The summed E-state index contributed by atoms with van der Waals surface area (Å²) in [5, 5.41) is 0. The first kappa shape index (κ1) is 15.2. The third-order valence-electron chi connectivity index (χ3n) is 5.50. The van der Waals surface area contributed by atoms with Crippen molar-refractivity contribution < 1.29 is 4.74 Å². The highest BCUT2D eigenvalue weighted by molar-refractivity contribution is 9.10. The van der Waals surface area contributed by atoms with Gasteiger partial charge in [-0.3, -0.25) is 4.99 Å². The Bertz CT molecular complexity index is 568. The Morgan fingerprint density at radius 1 is 1.43 bits per heavy atom. The number of methoxy groups -OCH3 is 1. The second-order valence-electron chi connectivity index (χ2n) is 6.52. The second-order valence-corrected chi connectivity index (χ2v) is 7.43. The molecule has 1 saturated carbocycles. The van der Waals surface area contributed by atoms with Crippen molar-refractivity contribution in [3.05, 3.63) is 33.8 Å². The van der Waals surface area contributed by atoms with Crippen LogP contribution in [0.3, 0.4) is 0 Å². The summed E-state index contributed by atoms with van der Waals surface area (Å²) in [7, 11) is 3.82. The molecule has 0 unspecified atom stereocenters. The molecule has 0 aliphatic heterocycles. The van der Waals surface area contributed by atoms with Gasteiger partial charge in [0.05, 0.1) is 6.10 Å². The van der Waals surface area contributed by atoms with Crippen molar-refractivity contribution in [2.45, 2.75) is 45.1 Å². The molecule has 3 atom stereocenters. The van der Waals surface area contributed by atoms with E-state index in [0.717, 1.165) is 17.3 Å². The zero-order valence-electron chi connectivity index (χ0n) is 13.2. The summed E-state index contributed by atoms with van der Waals surface area (Å²) in [6.45, 7) is 2.29. The predicted molar refractivity (Wildman–Crippen MR) is 91.2 cm³/mol. The Morgan fingerprint density at radius 3 is 2.90 bits per heavy atom. The maximum atomic E-state index is 5.72. The quantitative estimate of drug-likeness (QED) is 0.762. The fraction of sp³-hybridized carbons (Fsp3) is 0.611. The normalized spacial score (nSPS) is 33.6. The standard InChI is InChI=1S/C18H24BrNO/c1-4-12-10-18(8-7-16(12)21-3)11-13-5-6-14(19)9-15(13)17(18)20-2/h5-6,9,12,16H,4,7-8,10-11H2,1-3H3/t12-,16-,18-/m0/s1. The summed E-state index contributed by atoms with van der Waals surface area (Å²) in [6.07, 6.45) is 6.33. The Kier molecular flexibility index (Phi) is 4.24. The van der Waals surface area contributed by atoms with E-state index in [9.17, 15) is 0 Å². The van der Waals surface area contributed by atoms with Crippen molar-refractivity contribution in [3.63, 3.8) is 0 Å². The molecule has 0 radical (unpaired) electrons. The van der Waals surface area contributed by atoms with E-state index in [4.69, 9.17) is 9.73 Å². The number of ether oxygens (including phenoxy) is 1. The highest BCUT2D eigenvalue weighted by atomic mass is 79.9. The first-order valence-corrected chi connectivity index (χ1v) is 8.71. The summed E-state index contributed by atoms with van der Waals surface area (Å²) in [4.78, 5) is 4.72. The summed E-state index contributed by atoms with van der Waals surface area (Å²) in [5.74, 6) is 0.651. The van der Waals surface area contributed by atoms with Gasteiger partial charge in [-0.1, -0.05) is 35.3 Å². The van der Waals surface area contributed by atoms with Crippen LogP contribution in [0, 0.1) is 11.3 Å². The summed E-state index contributed by atoms with van der Waals surface area (Å²) < 4.78 is 6.87. The van der Waals surface area contributed by atoms with Gasteiger partial charge in [-0.05, 0) is 49.3 Å². The number of benzene rings is 1. The van der Waals surface area contributed by atoms with Crippen LogP contribution >= 0.6 is 15.9 Å². The molecule has 2 aliphatic carbocycles. The van der Waals surface area contributed by atoms with Crippen molar-refractivity contribution in [1.29, 1.82) is 0 Å². The molecule has 2 nitrogen and oxygen atoms in total. The molecule has 2 aliphatic rings. The van der Waals surface area contributed by atoms with E-state index in [1.165, 1.54) is 36.1 Å². The third-order valence-corrected chi connectivity index (χ3v) is 5.99. The molecule has 0 amide bonds.